The van der Waals surface area contributed by atoms with Crippen molar-refractivity contribution in [1.29, 1.82) is 0 Å². The summed E-state index contributed by atoms with van der Waals surface area (Å²) in [5.74, 6) is 0. The van der Waals surface area contributed by atoms with Crippen molar-refractivity contribution < 1.29 is 21.7 Å². The maximum atomic E-state index is 3.34. The van der Waals surface area contributed by atoms with E-state index in [0.29, 0.717) is 0 Å². The molecule has 0 aromatic rings. The van der Waals surface area contributed by atoms with E-state index < -0.39 is 0 Å². The smallest absolute Gasteiger partial charge is 0.358 e. The number of hydrogen-bond acceptors (Lipinski definition) is 1. The van der Waals surface area contributed by atoms with E-state index in [9.17, 15) is 0 Å². The van der Waals surface area contributed by atoms with Crippen LogP contribution in [0.1, 0.15) is 26.7 Å². The van der Waals surface area contributed by atoms with Gasteiger partial charge in [0.1, 0.15) is 0 Å². The fourth-order valence-electron chi connectivity index (χ4n) is 1.44. The normalized spacial score (nSPS) is 10.5. The fourth-order valence-corrected chi connectivity index (χ4v) is 1.44. The van der Waals surface area contributed by atoms with Gasteiger partial charge < -0.3 is 19.8 Å². The Balaban J connectivity index is -0.0000000600. The zero-order valence-corrected chi connectivity index (χ0v) is 15.9. The van der Waals surface area contributed by atoms with Crippen molar-refractivity contribution in [2.24, 2.45) is 0 Å². The summed E-state index contributed by atoms with van der Waals surface area (Å²) in [4.78, 5) is 2.45. The number of nitrogens with zero attached hydrogens (tertiary/aromatic N) is 1. The Hall–Kier alpha value is 1.02. The number of allylic oxidation sites excluding steroid dienone is 3. The second-order valence-electron chi connectivity index (χ2n) is 3.09. The van der Waals surface area contributed by atoms with Gasteiger partial charge in [-0.05, 0) is 26.1 Å². The summed E-state index contributed by atoms with van der Waals surface area (Å²) in [6, 6.07) is 0. The van der Waals surface area contributed by atoms with E-state index >= 15 is 0 Å². The van der Waals surface area contributed by atoms with Gasteiger partial charge in [-0.2, -0.15) is 6.08 Å². The fraction of sp³-hybridized carbons (Fsp3) is 0.538. The van der Waals surface area contributed by atoms with Gasteiger partial charge in [0, 0.05) is 0 Å². The van der Waals surface area contributed by atoms with Crippen molar-refractivity contribution in [3.8, 4) is 0 Å². The second-order valence-corrected chi connectivity index (χ2v) is 3.09. The van der Waals surface area contributed by atoms with Crippen LogP contribution in [0.2, 0.25) is 0 Å². The minimum atomic E-state index is 0. The molecule has 0 saturated carbocycles. The van der Waals surface area contributed by atoms with E-state index in [4.69, 9.17) is 0 Å². The topological polar surface area (TPSA) is 3.24 Å². The number of hydrogen-bond donors (Lipinski definition) is 0. The van der Waals surface area contributed by atoms with Crippen molar-refractivity contribution >= 4 is 37.2 Å². The zero-order chi connectivity index (χ0) is 8.81. The Morgan fingerprint density at radius 1 is 1.11 bits per heavy atom. The van der Waals surface area contributed by atoms with Crippen molar-refractivity contribution in [2.45, 2.75) is 26.7 Å². The zero-order valence-electron chi connectivity index (χ0n) is 11.9. The molecule has 5 heteroatoms. The SMILES string of the molecule is CCN(CC)CCC1=[C-]CC=C1.Cl.Cl.Cl.[CH3-].[CH3-].[Ti+3]. The van der Waals surface area contributed by atoms with E-state index in [0.717, 1.165) is 25.9 Å². The predicted molar refractivity (Wildman–Crippen MR) is 87.5 cm³/mol. The molecule has 1 nitrogen and oxygen atoms in total. The third kappa shape index (κ3) is 15.1. The van der Waals surface area contributed by atoms with Gasteiger partial charge >= 0.3 is 21.7 Å². The van der Waals surface area contributed by atoms with Crippen LogP contribution < -0.4 is 0 Å². The van der Waals surface area contributed by atoms with Crippen molar-refractivity contribution in [1.82, 2.24) is 4.90 Å². The molecular weight excluding hydrogens is 324 g/mol. The molecule has 0 aromatic carbocycles. The Kier molecular flexibility index (Phi) is 46.8. The first kappa shape index (κ1) is 36.4. The van der Waals surface area contributed by atoms with Crippen LogP contribution in [0, 0.1) is 20.9 Å². The first-order valence-corrected chi connectivity index (χ1v) is 4.85. The Labute approximate surface area is 148 Å². The number of halogens is 3. The van der Waals surface area contributed by atoms with E-state index in [1.54, 1.807) is 0 Å². The van der Waals surface area contributed by atoms with Gasteiger partial charge in [-0.1, -0.05) is 13.8 Å². The van der Waals surface area contributed by atoms with Crippen LogP contribution in [-0.4, -0.2) is 24.5 Å². The molecule has 1 rings (SSSR count). The Bertz CT molecular complexity index is 193. The van der Waals surface area contributed by atoms with Crippen LogP contribution >= 0.6 is 37.2 Å². The van der Waals surface area contributed by atoms with Crippen LogP contribution in [0.3, 0.4) is 0 Å². The molecule has 0 aromatic heterocycles. The molecule has 0 amide bonds. The van der Waals surface area contributed by atoms with Crippen molar-refractivity contribution in [3.05, 3.63) is 38.7 Å². The summed E-state index contributed by atoms with van der Waals surface area (Å²) in [6.07, 6.45) is 9.90. The third-order valence-corrected chi connectivity index (χ3v) is 2.36. The molecule has 0 aliphatic heterocycles. The maximum Gasteiger partial charge on any atom is 3.00 e. The van der Waals surface area contributed by atoms with Gasteiger partial charge in [0.2, 0.25) is 0 Å². The van der Waals surface area contributed by atoms with E-state index in [2.05, 4.69) is 37.0 Å². The van der Waals surface area contributed by atoms with Gasteiger partial charge in [-0.25, -0.2) is 11.6 Å². The van der Waals surface area contributed by atoms with Crippen LogP contribution in [0.15, 0.2) is 17.7 Å². The molecular formula is C13H27Cl3NTi. The summed E-state index contributed by atoms with van der Waals surface area (Å²) in [5.41, 5.74) is 1.39. The molecule has 0 N–H and O–H groups in total. The van der Waals surface area contributed by atoms with Gasteiger partial charge in [0.05, 0.1) is 0 Å². The van der Waals surface area contributed by atoms with Gasteiger partial charge in [-0.15, -0.1) is 43.6 Å². The molecule has 0 fully saturated rings. The maximum absolute atomic E-state index is 3.34. The summed E-state index contributed by atoms with van der Waals surface area (Å²) in [7, 11) is 0. The largest absolute Gasteiger partial charge is 3.00 e. The molecule has 109 valence electrons. The average molecular weight is 352 g/mol. The second kappa shape index (κ2) is 23.1. The van der Waals surface area contributed by atoms with Crippen LogP contribution in [-0.2, 0) is 21.7 Å². The molecule has 1 radical (unpaired) electrons. The Morgan fingerprint density at radius 2 is 1.61 bits per heavy atom. The molecule has 0 heterocycles. The molecule has 1 aliphatic rings. The molecule has 0 spiro atoms. The molecule has 0 atom stereocenters. The summed E-state index contributed by atoms with van der Waals surface area (Å²) < 4.78 is 0. The molecule has 18 heavy (non-hydrogen) atoms. The number of rotatable bonds is 5. The summed E-state index contributed by atoms with van der Waals surface area (Å²) >= 11 is 0. The summed E-state index contributed by atoms with van der Waals surface area (Å²) in [6.45, 7) is 7.93. The summed E-state index contributed by atoms with van der Waals surface area (Å²) in [5, 5.41) is 0. The monoisotopic (exact) mass is 350 g/mol. The van der Waals surface area contributed by atoms with Gasteiger partial charge in [-0.3, -0.25) is 6.08 Å². The van der Waals surface area contributed by atoms with Gasteiger partial charge in [0.25, 0.3) is 0 Å². The van der Waals surface area contributed by atoms with Crippen LogP contribution in [0.4, 0.5) is 0 Å². The molecule has 0 unspecified atom stereocenters. The van der Waals surface area contributed by atoms with Crippen LogP contribution in [0.25, 0.3) is 0 Å². The average Bonchev–Trinajstić information content (AvgIpc) is 2.59. The Morgan fingerprint density at radius 3 is 1.94 bits per heavy atom. The molecule has 1 aliphatic carbocycles. The predicted octanol–water partition coefficient (Wildman–Crippen LogP) is 4.57. The van der Waals surface area contributed by atoms with Crippen molar-refractivity contribution in [2.75, 3.05) is 19.6 Å². The van der Waals surface area contributed by atoms with Crippen molar-refractivity contribution in [3.63, 3.8) is 0 Å². The van der Waals surface area contributed by atoms with E-state index in [-0.39, 0.29) is 73.8 Å². The first-order valence-electron chi connectivity index (χ1n) is 4.85. The van der Waals surface area contributed by atoms with Gasteiger partial charge in [0.15, 0.2) is 0 Å². The first-order chi connectivity index (χ1) is 5.86. The van der Waals surface area contributed by atoms with E-state index in [1.807, 2.05) is 0 Å². The quantitative estimate of drug-likeness (QED) is 0.518. The van der Waals surface area contributed by atoms with Crippen LogP contribution in [0.5, 0.6) is 0 Å². The standard InChI is InChI=1S/C11H18N.2CH3.3ClH.Ti/c1-3-12(4-2)10-9-11-7-5-6-8-11;;;;;;/h5,7H,3-4,6,9-10H2,1-2H3;2*1H3;3*1H;/q3*-1;;;;+3. The molecule has 0 bridgehead atoms. The third-order valence-electron chi connectivity index (χ3n) is 2.36. The van der Waals surface area contributed by atoms with E-state index in [1.165, 1.54) is 12.1 Å². The minimum absolute atomic E-state index is 0. The minimum Gasteiger partial charge on any atom is -0.358 e. The molecule has 0 saturated heterocycles.